The molecule has 0 bridgehead atoms. The summed E-state index contributed by atoms with van der Waals surface area (Å²) in [5.41, 5.74) is 19.0. The van der Waals surface area contributed by atoms with Crippen LogP contribution in [0.5, 0.6) is 0 Å². The highest BCUT2D eigenvalue weighted by molar-refractivity contribution is 6.21. The third-order valence-electron chi connectivity index (χ3n) is 10.9. The summed E-state index contributed by atoms with van der Waals surface area (Å²) in [6.07, 6.45) is 0. The van der Waals surface area contributed by atoms with Crippen molar-refractivity contribution in [3.63, 3.8) is 0 Å². The number of H-pyrrole nitrogens is 1. The third kappa shape index (κ3) is 4.30. The Balaban J connectivity index is 1.34. The molecule has 0 saturated heterocycles. The van der Waals surface area contributed by atoms with E-state index in [4.69, 9.17) is 5.73 Å². The molecule has 0 fully saturated rings. The van der Waals surface area contributed by atoms with Crippen molar-refractivity contribution in [3.05, 3.63) is 210 Å². The van der Waals surface area contributed by atoms with Gasteiger partial charge >= 0.3 is 0 Å². The molecule has 0 spiro atoms. The lowest BCUT2D eigenvalue weighted by Gasteiger charge is -2.34. The maximum Gasteiger partial charge on any atom is 0.0713 e. The van der Waals surface area contributed by atoms with E-state index in [9.17, 15) is 0 Å². The molecule has 0 amide bonds. The van der Waals surface area contributed by atoms with E-state index >= 15 is 0 Å². The van der Waals surface area contributed by atoms with Gasteiger partial charge in [-0.2, -0.15) is 0 Å². The minimum absolute atomic E-state index is 0.482. The molecule has 1 aliphatic carbocycles. The standard InChI is InChI=1S/C49H34N2/c50-46-30-14-27-43-39-22-7-5-20-37(39)36-19-4-6-21-38(36)42-26-13-25-35(47(42)51-48(43)46)32-15-12-18-34(31-32)49(33-16-2-1-3-17-33)44-28-10-8-23-40(44)41-24-9-11-29-45(41)49/h1-31,51H,50H2. The fraction of sp³-hybridized carbons (Fsp3) is 0.0204. The molecule has 10 rings (SSSR count). The molecule has 1 aromatic heterocycles. The van der Waals surface area contributed by atoms with E-state index in [-0.39, 0.29) is 0 Å². The van der Waals surface area contributed by atoms with Crippen molar-refractivity contribution in [2.45, 2.75) is 5.41 Å². The Labute approximate surface area is 296 Å². The number of hydrogen-bond acceptors (Lipinski definition) is 1. The fourth-order valence-electron chi connectivity index (χ4n) is 8.75. The lowest BCUT2D eigenvalue weighted by molar-refractivity contribution is 0.769. The van der Waals surface area contributed by atoms with Gasteiger partial charge in [-0.1, -0.05) is 176 Å². The molecule has 8 aromatic carbocycles. The zero-order valence-electron chi connectivity index (χ0n) is 28.0. The van der Waals surface area contributed by atoms with Crippen LogP contribution in [-0.4, -0.2) is 4.98 Å². The van der Waals surface area contributed by atoms with Gasteiger partial charge in [0.1, 0.15) is 0 Å². The average molecular weight is 651 g/mol. The van der Waals surface area contributed by atoms with E-state index in [1.807, 2.05) is 12.1 Å². The number of benzene rings is 8. The van der Waals surface area contributed by atoms with Gasteiger partial charge in [-0.3, -0.25) is 0 Å². The Kier molecular flexibility index (Phi) is 6.59. The monoisotopic (exact) mass is 650 g/mol. The summed E-state index contributed by atoms with van der Waals surface area (Å²) in [5, 5.41) is 6.92. The van der Waals surface area contributed by atoms with Gasteiger partial charge in [0.25, 0.3) is 0 Å². The minimum atomic E-state index is -0.482. The maximum atomic E-state index is 6.84. The average Bonchev–Trinajstić information content (AvgIpc) is 3.52. The number of nitrogens with one attached hydrogen (secondary N) is 1. The number of anilines is 1. The largest absolute Gasteiger partial charge is 0.397 e. The smallest absolute Gasteiger partial charge is 0.0713 e. The number of rotatable bonds is 3. The lowest BCUT2D eigenvalue weighted by Crippen LogP contribution is -2.28. The summed E-state index contributed by atoms with van der Waals surface area (Å²) >= 11 is 0. The van der Waals surface area contributed by atoms with Crippen molar-refractivity contribution in [2.75, 3.05) is 5.73 Å². The molecule has 0 unspecified atom stereocenters. The molecule has 2 nitrogen and oxygen atoms in total. The Bertz CT molecular complexity index is 2830. The summed E-state index contributed by atoms with van der Waals surface area (Å²) in [7, 11) is 0. The van der Waals surface area contributed by atoms with E-state index in [1.165, 1.54) is 49.5 Å². The second-order valence-corrected chi connectivity index (χ2v) is 13.5. The number of nitrogen functional groups attached to an aromatic ring is 1. The van der Waals surface area contributed by atoms with Crippen LogP contribution in [0.1, 0.15) is 22.3 Å². The van der Waals surface area contributed by atoms with E-state index in [0.717, 1.165) is 38.3 Å². The van der Waals surface area contributed by atoms with Crippen molar-refractivity contribution in [3.8, 4) is 22.3 Å². The second-order valence-electron chi connectivity index (χ2n) is 13.5. The summed E-state index contributed by atoms with van der Waals surface area (Å²) in [6, 6.07) is 68.3. The first-order valence-electron chi connectivity index (χ1n) is 17.6. The van der Waals surface area contributed by atoms with E-state index in [1.54, 1.807) is 0 Å². The topological polar surface area (TPSA) is 41.8 Å². The highest BCUT2D eigenvalue weighted by Crippen LogP contribution is 2.56. The first-order valence-corrected chi connectivity index (χ1v) is 17.6. The van der Waals surface area contributed by atoms with Crippen LogP contribution in [0.3, 0.4) is 0 Å². The van der Waals surface area contributed by atoms with E-state index in [0.29, 0.717) is 5.69 Å². The molecule has 1 aliphatic rings. The number of fused-ring (bicyclic) bond motifs is 10. The first-order chi connectivity index (χ1) is 25.2. The molecule has 51 heavy (non-hydrogen) atoms. The number of para-hydroxylation sites is 2. The van der Waals surface area contributed by atoms with E-state index < -0.39 is 5.41 Å². The molecule has 2 heteroatoms. The quantitative estimate of drug-likeness (QED) is 0.184. The molecule has 9 aromatic rings. The first kappa shape index (κ1) is 29.3. The Hall–Kier alpha value is -6.64. The van der Waals surface area contributed by atoms with Crippen molar-refractivity contribution in [1.82, 2.24) is 4.98 Å². The third-order valence-corrected chi connectivity index (χ3v) is 10.9. The van der Waals surface area contributed by atoms with Crippen LogP contribution < -0.4 is 5.73 Å². The van der Waals surface area contributed by atoms with Gasteiger partial charge in [0.05, 0.1) is 22.1 Å². The maximum absolute atomic E-state index is 6.84. The molecule has 0 saturated carbocycles. The summed E-state index contributed by atoms with van der Waals surface area (Å²) in [6.45, 7) is 0. The number of aromatic amines is 1. The molecule has 0 atom stereocenters. The van der Waals surface area contributed by atoms with Gasteiger partial charge in [0.15, 0.2) is 0 Å². The lowest BCUT2D eigenvalue weighted by atomic mass is 9.67. The van der Waals surface area contributed by atoms with Crippen LogP contribution >= 0.6 is 0 Å². The Morgan fingerprint density at radius 1 is 0.353 bits per heavy atom. The van der Waals surface area contributed by atoms with Crippen molar-refractivity contribution in [1.29, 1.82) is 0 Å². The van der Waals surface area contributed by atoms with Crippen LogP contribution in [0, 0.1) is 0 Å². The molecule has 1 heterocycles. The predicted molar refractivity (Wildman–Crippen MR) is 216 cm³/mol. The molecule has 0 aliphatic heterocycles. The number of hydrogen-bond donors (Lipinski definition) is 2. The van der Waals surface area contributed by atoms with Crippen LogP contribution in [0.15, 0.2) is 188 Å². The van der Waals surface area contributed by atoms with Crippen LogP contribution in [0.25, 0.3) is 65.6 Å². The Morgan fingerprint density at radius 3 is 1.45 bits per heavy atom. The highest BCUT2D eigenvalue weighted by atomic mass is 14.7. The van der Waals surface area contributed by atoms with Gasteiger partial charge in [0, 0.05) is 16.3 Å². The summed E-state index contributed by atoms with van der Waals surface area (Å²) in [5.74, 6) is 0. The van der Waals surface area contributed by atoms with Crippen LogP contribution in [0.4, 0.5) is 5.69 Å². The van der Waals surface area contributed by atoms with E-state index in [2.05, 4.69) is 181 Å². The van der Waals surface area contributed by atoms with Crippen molar-refractivity contribution in [2.24, 2.45) is 0 Å². The second kappa shape index (κ2) is 11.5. The minimum Gasteiger partial charge on any atom is -0.397 e. The molecular formula is C49H34N2. The summed E-state index contributed by atoms with van der Waals surface area (Å²) < 4.78 is 0. The number of aromatic nitrogens is 1. The van der Waals surface area contributed by atoms with Gasteiger partial charge in [0.2, 0.25) is 0 Å². The molecular weight excluding hydrogens is 617 g/mol. The zero-order valence-corrected chi connectivity index (χ0v) is 28.0. The zero-order chi connectivity index (χ0) is 33.9. The predicted octanol–water partition coefficient (Wildman–Crippen LogP) is 12.4. The number of nitrogens with two attached hydrogens (primary N) is 1. The Morgan fingerprint density at radius 2 is 0.804 bits per heavy atom. The van der Waals surface area contributed by atoms with Crippen LogP contribution in [-0.2, 0) is 5.41 Å². The molecule has 240 valence electrons. The molecule has 0 radical (unpaired) electrons. The van der Waals surface area contributed by atoms with Gasteiger partial charge < -0.3 is 10.7 Å². The van der Waals surface area contributed by atoms with Gasteiger partial charge in [-0.25, -0.2) is 0 Å². The highest BCUT2D eigenvalue weighted by Gasteiger charge is 2.45. The SMILES string of the molecule is Nc1cccc2c1[nH]c1c(-c3cccc(C4(c5ccccc5)c5ccccc5-c5ccccc54)c3)cccc1c1ccccc1c1ccccc21. The normalized spacial score (nSPS) is 12.9. The van der Waals surface area contributed by atoms with Gasteiger partial charge in [-0.15, -0.1) is 0 Å². The summed E-state index contributed by atoms with van der Waals surface area (Å²) in [4.78, 5) is 3.94. The van der Waals surface area contributed by atoms with Gasteiger partial charge in [-0.05, 0) is 72.6 Å². The molecule has 3 N–H and O–H groups in total. The van der Waals surface area contributed by atoms with Crippen molar-refractivity contribution < 1.29 is 0 Å². The van der Waals surface area contributed by atoms with Crippen molar-refractivity contribution >= 4 is 49.0 Å². The van der Waals surface area contributed by atoms with Crippen LogP contribution in [0.2, 0.25) is 0 Å². The fourth-order valence-corrected chi connectivity index (χ4v) is 8.75.